The number of halogens is 1. The summed E-state index contributed by atoms with van der Waals surface area (Å²) in [5.41, 5.74) is 1.66. The minimum atomic E-state index is 0.249. The third-order valence-electron chi connectivity index (χ3n) is 1.95. The Labute approximate surface area is 76.9 Å². The molecule has 2 heteroatoms. The summed E-state index contributed by atoms with van der Waals surface area (Å²) in [4.78, 5) is 0. The van der Waals surface area contributed by atoms with Crippen LogP contribution in [0, 0.1) is 5.41 Å². The maximum absolute atomic E-state index is 5.39. The van der Waals surface area contributed by atoms with Gasteiger partial charge in [0.25, 0.3) is 0 Å². The summed E-state index contributed by atoms with van der Waals surface area (Å²) in [5, 5.41) is 0. The van der Waals surface area contributed by atoms with Crippen LogP contribution in [-0.2, 0) is 4.74 Å². The standard InChI is InChI=1S/C9H15BrO/c1-9(2,3)7-6-11-5-4-8(7)10/h4-6H2,1-3H3. The number of hydrogen-bond acceptors (Lipinski definition) is 1. The third kappa shape index (κ3) is 2.31. The van der Waals surface area contributed by atoms with E-state index in [1.165, 1.54) is 10.1 Å². The predicted octanol–water partition coefficient (Wildman–Crippen LogP) is 3.10. The molecule has 0 aromatic heterocycles. The summed E-state index contributed by atoms with van der Waals surface area (Å²) in [6, 6.07) is 0. The monoisotopic (exact) mass is 218 g/mol. The van der Waals surface area contributed by atoms with E-state index in [2.05, 4.69) is 36.7 Å². The maximum atomic E-state index is 5.39. The second kappa shape index (κ2) is 3.28. The van der Waals surface area contributed by atoms with E-state index in [0.29, 0.717) is 0 Å². The smallest absolute Gasteiger partial charge is 0.0692 e. The molecule has 0 saturated heterocycles. The van der Waals surface area contributed by atoms with Crippen molar-refractivity contribution in [2.75, 3.05) is 13.2 Å². The first kappa shape index (κ1) is 9.27. The molecule has 64 valence electrons. The quantitative estimate of drug-likeness (QED) is 0.608. The molecule has 11 heavy (non-hydrogen) atoms. The molecule has 0 atom stereocenters. The van der Waals surface area contributed by atoms with Crippen molar-refractivity contribution >= 4 is 15.9 Å². The van der Waals surface area contributed by atoms with Crippen molar-refractivity contribution in [3.63, 3.8) is 0 Å². The summed E-state index contributed by atoms with van der Waals surface area (Å²) in [6.07, 6.45) is 1.03. The average Bonchev–Trinajstić information content (AvgIpc) is 1.86. The second-order valence-electron chi connectivity index (χ2n) is 3.94. The molecule has 1 aliphatic rings. The summed E-state index contributed by atoms with van der Waals surface area (Å²) in [5.74, 6) is 0. The van der Waals surface area contributed by atoms with E-state index in [0.717, 1.165) is 19.6 Å². The number of hydrogen-bond donors (Lipinski definition) is 0. The van der Waals surface area contributed by atoms with Crippen LogP contribution in [0.25, 0.3) is 0 Å². The SMILES string of the molecule is CC(C)(C)C1=C(Br)CCOC1. The molecule has 1 nitrogen and oxygen atoms in total. The van der Waals surface area contributed by atoms with Crippen molar-refractivity contribution < 1.29 is 4.74 Å². The van der Waals surface area contributed by atoms with Gasteiger partial charge >= 0.3 is 0 Å². The molecule has 0 bridgehead atoms. The van der Waals surface area contributed by atoms with E-state index in [1.807, 2.05) is 0 Å². The average molecular weight is 219 g/mol. The van der Waals surface area contributed by atoms with E-state index in [9.17, 15) is 0 Å². The Morgan fingerprint density at radius 1 is 1.36 bits per heavy atom. The van der Waals surface area contributed by atoms with Gasteiger partial charge in [-0.05, 0) is 15.5 Å². The Hall–Kier alpha value is 0.180. The molecule has 0 spiro atoms. The Bertz CT molecular complexity index is 176. The second-order valence-corrected chi connectivity index (χ2v) is 4.89. The van der Waals surface area contributed by atoms with Crippen molar-refractivity contribution in [2.24, 2.45) is 5.41 Å². The lowest BCUT2D eigenvalue weighted by molar-refractivity contribution is 0.135. The predicted molar refractivity (Wildman–Crippen MR) is 50.8 cm³/mol. The van der Waals surface area contributed by atoms with E-state index in [1.54, 1.807) is 0 Å². The fourth-order valence-electron chi connectivity index (χ4n) is 1.19. The molecule has 0 N–H and O–H groups in total. The maximum Gasteiger partial charge on any atom is 0.0692 e. The lowest BCUT2D eigenvalue weighted by atomic mass is 9.85. The molecule has 0 aromatic carbocycles. The highest BCUT2D eigenvalue weighted by molar-refractivity contribution is 9.11. The zero-order chi connectivity index (χ0) is 8.48. The normalized spacial score (nSPS) is 20.7. The van der Waals surface area contributed by atoms with Crippen LogP contribution < -0.4 is 0 Å². The number of rotatable bonds is 0. The van der Waals surface area contributed by atoms with Crippen molar-refractivity contribution in [1.29, 1.82) is 0 Å². The summed E-state index contributed by atoms with van der Waals surface area (Å²) in [7, 11) is 0. The van der Waals surface area contributed by atoms with E-state index < -0.39 is 0 Å². The van der Waals surface area contributed by atoms with Crippen LogP contribution >= 0.6 is 15.9 Å². The molecular formula is C9H15BrO. The topological polar surface area (TPSA) is 9.23 Å². The summed E-state index contributed by atoms with van der Waals surface area (Å²) in [6.45, 7) is 8.32. The first-order valence-corrected chi connectivity index (χ1v) is 4.77. The molecule has 0 fully saturated rings. The summed E-state index contributed by atoms with van der Waals surface area (Å²) < 4.78 is 6.73. The molecule has 0 radical (unpaired) electrons. The minimum Gasteiger partial charge on any atom is -0.377 e. The highest BCUT2D eigenvalue weighted by Crippen LogP contribution is 2.34. The fraction of sp³-hybridized carbons (Fsp3) is 0.778. The van der Waals surface area contributed by atoms with Crippen LogP contribution in [0.5, 0.6) is 0 Å². The van der Waals surface area contributed by atoms with Crippen molar-refractivity contribution in [2.45, 2.75) is 27.2 Å². The lowest BCUT2D eigenvalue weighted by Crippen LogP contribution is -2.20. The molecule has 0 unspecified atom stereocenters. The molecule has 1 heterocycles. The zero-order valence-corrected chi connectivity index (χ0v) is 8.99. The Morgan fingerprint density at radius 2 is 2.00 bits per heavy atom. The molecule has 1 aliphatic heterocycles. The first-order chi connectivity index (χ1) is 5.02. The van der Waals surface area contributed by atoms with Gasteiger partial charge in [0, 0.05) is 6.42 Å². The van der Waals surface area contributed by atoms with Gasteiger partial charge in [-0.25, -0.2) is 0 Å². The van der Waals surface area contributed by atoms with Gasteiger partial charge in [-0.15, -0.1) is 0 Å². The van der Waals surface area contributed by atoms with Crippen molar-refractivity contribution in [3.05, 3.63) is 10.1 Å². The van der Waals surface area contributed by atoms with Gasteiger partial charge in [0.1, 0.15) is 0 Å². The van der Waals surface area contributed by atoms with Crippen LogP contribution in [-0.4, -0.2) is 13.2 Å². The molecular weight excluding hydrogens is 204 g/mol. The highest BCUT2D eigenvalue weighted by Gasteiger charge is 2.22. The lowest BCUT2D eigenvalue weighted by Gasteiger charge is -2.28. The highest BCUT2D eigenvalue weighted by atomic mass is 79.9. The van der Waals surface area contributed by atoms with Crippen LogP contribution in [0.2, 0.25) is 0 Å². The zero-order valence-electron chi connectivity index (χ0n) is 7.41. The minimum absolute atomic E-state index is 0.249. The van der Waals surface area contributed by atoms with Crippen LogP contribution in [0.4, 0.5) is 0 Å². The molecule has 1 rings (SSSR count). The molecule has 0 aliphatic carbocycles. The molecule has 0 saturated carbocycles. The van der Waals surface area contributed by atoms with Gasteiger partial charge in [-0.1, -0.05) is 36.7 Å². The first-order valence-electron chi connectivity index (χ1n) is 3.97. The van der Waals surface area contributed by atoms with E-state index >= 15 is 0 Å². The Balaban J connectivity index is 2.83. The number of ether oxygens (including phenoxy) is 1. The van der Waals surface area contributed by atoms with Gasteiger partial charge < -0.3 is 4.74 Å². The van der Waals surface area contributed by atoms with Crippen LogP contribution in [0.3, 0.4) is 0 Å². The van der Waals surface area contributed by atoms with Crippen molar-refractivity contribution in [3.8, 4) is 0 Å². The third-order valence-corrected chi connectivity index (χ3v) is 2.82. The fourth-order valence-corrected chi connectivity index (χ4v) is 2.06. The largest absolute Gasteiger partial charge is 0.377 e. The Morgan fingerprint density at radius 3 is 2.36 bits per heavy atom. The summed E-state index contributed by atoms with van der Waals surface area (Å²) >= 11 is 3.59. The van der Waals surface area contributed by atoms with Gasteiger partial charge in [-0.2, -0.15) is 0 Å². The van der Waals surface area contributed by atoms with Gasteiger partial charge in [0.15, 0.2) is 0 Å². The molecule has 0 amide bonds. The van der Waals surface area contributed by atoms with E-state index in [4.69, 9.17) is 4.74 Å². The Kier molecular flexibility index (Phi) is 2.76. The van der Waals surface area contributed by atoms with Gasteiger partial charge in [0.2, 0.25) is 0 Å². The molecule has 0 aromatic rings. The van der Waals surface area contributed by atoms with Crippen LogP contribution in [0.15, 0.2) is 10.1 Å². The van der Waals surface area contributed by atoms with Gasteiger partial charge in [0.05, 0.1) is 13.2 Å². The van der Waals surface area contributed by atoms with Crippen LogP contribution in [0.1, 0.15) is 27.2 Å². The van der Waals surface area contributed by atoms with Crippen molar-refractivity contribution in [1.82, 2.24) is 0 Å². The van der Waals surface area contributed by atoms with E-state index in [-0.39, 0.29) is 5.41 Å². The van der Waals surface area contributed by atoms with Gasteiger partial charge in [-0.3, -0.25) is 0 Å².